The van der Waals surface area contributed by atoms with Crippen LogP contribution in [0.3, 0.4) is 0 Å². The summed E-state index contributed by atoms with van der Waals surface area (Å²) in [6.07, 6.45) is -4.29. The van der Waals surface area contributed by atoms with Gasteiger partial charge in [0.2, 0.25) is 0 Å². The molecule has 0 aliphatic carbocycles. The van der Waals surface area contributed by atoms with Gasteiger partial charge in [0.1, 0.15) is 5.82 Å². The molecule has 0 bridgehead atoms. The molecular weight excluding hydrogens is 447 g/mol. The van der Waals surface area contributed by atoms with E-state index in [-0.39, 0.29) is 23.0 Å². The van der Waals surface area contributed by atoms with Crippen LogP contribution in [-0.4, -0.2) is 23.0 Å². The first-order chi connectivity index (χ1) is 15.6. The molecule has 11 heteroatoms. The third-order valence-electron chi connectivity index (χ3n) is 5.01. The van der Waals surface area contributed by atoms with Gasteiger partial charge in [-0.2, -0.15) is 22.0 Å². The summed E-state index contributed by atoms with van der Waals surface area (Å²) >= 11 is 0. The fourth-order valence-electron chi connectivity index (χ4n) is 3.31. The third-order valence-corrected chi connectivity index (χ3v) is 5.01. The minimum absolute atomic E-state index is 0.0203. The first-order valence-corrected chi connectivity index (χ1v) is 9.56. The van der Waals surface area contributed by atoms with E-state index >= 15 is 0 Å². The minimum Gasteiger partial charge on any atom is -0.348 e. The van der Waals surface area contributed by atoms with Gasteiger partial charge in [0.25, 0.3) is 11.8 Å². The minimum atomic E-state index is -5.73. The van der Waals surface area contributed by atoms with Crippen LogP contribution in [-0.2, 0) is 12.5 Å². The number of nitrogens with zero attached hydrogens (tertiary/aromatic N) is 1. The molecule has 0 atom stereocenters. The summed E-state index contributed by atoms with van der Waals surface area (Å²) in [7, 11) is 0. The van der Waals surface area contributed by atoms with Crippen molar-refractivity contribution >= 4 is 29.0 Å². The van der Waals surface area contributed by atoms with Gasteiger partial charge >= 0.3 is 12.1 Å². The zero-order valence-electron chi connectivity index (χ0n) is 16.6. The Kier molecular flexibility index (Phi) is 5.48. The largest absolute Gasteiger partial charge is 0.458 e. The number of benzene rings is 2. The number of alkyl halides is 5. The summed E-state index contributed by atoms with van der Waals surface area (Å²) in [6.45, 7) is 0.306. The number of carbonyl (C=O) groups is 2. The lowest BCUT2D eigenvalue weighted by Gasteiger charge is -2.20. The lowest BCUT2D eigenvalue weighted by atomic mass is 10.1. The Morgan fingerprint density at radius 2 is 1.70 bits per heavy atom. The van der Waals surface area contributed by atoms with E-state index in [2.05, 4.69) is 20.9 Å². The molecule has 0 spiro atoms. The standard InChI is InChI=1S/C22H15F5N4O2/c23-21(24,22(25,26)27)12-6-8-13(9-7-12)30-20(33)15-4-2-10-28-18(15)31-17-5-1-3-14-16(17)11-29-19(14)32/h1-10H,11H2,(H,28,31)(H,29,32)(H,30,33). The maximum Gasteiger partial charge on any atom is 0.458 e. The third kappa shape index (κ3) is 4.21. The van der Waals surface area contributed by atoms with E-state index in [9.17, 15) is 31.5 Å². The van der Waals surface area contributed by atoms with Crippen LogP contribution in [0, 0.1) is 0 Å². The second-order valence-electron chi connectivity index (χ2n) is 7.14. The highest BCUT2D eigenvalue weighted by molar-refractivity contribution is 6.08. The van der Waals surface area contributed by atoms with Gasteiger partial charge in [0.05, 0.1) is 5.56 Å². The monoisotopic (exact) mass is 462 g/mol. The van der Waals surface area contributed by atoms with Crippen LogP contribution in [0.25, 0.3) is 0 Å². The molecule has 33 heavy (non-hydrogen) atoms. The number of anilines is 3. The van der Waals surface area contributed by atoms with E-state index in [0.29, 0.717) is 35.5 Å². The Morgan fingerprint density at radius 3 is 2.39 bits per heavy atom. The summed E-state index contributed by atoms with van der Waals surface area (Å²) in [5.41, 5.74) is 0.651. The molecule has 3 N–H and O–H groups in total. The van der Waals surface area contributed by atoms with Crippen molar-refractivity contribution in [2.75, 3.05) is 10.6 Å². The van der Waals surface area contributed by atoms with E-state index in [1.165, 1.54) is 18.3 Å². The molecular formula is C22H15F5N4O2. The number of nitrogens with one attached hydrogen (secondary N) is 3. The number of hydrogen-bond donors (Lipinski definition) is 3. The zero-order chi connectivity index (χ0) is 23.8. The van der Waals surface area contributed by atoms with Crippen molar-refractivity contribution < 1.29 is 31.5 Å². The summed E-state index contributed by atoms with van der Waals surface area (Å²) in [5, 5.41) is 8.17. The predicted molar refractivity (Wildman–Crippen MR) is 109 cm³/mol. The molecule has 6 nitrogen and oxygen atoms in total. The molecule has 1 aliphatic rings. The van der Waals surface area contributed by atoms with E-state index in [0.717, 1.165) is 12.1 Å². The van der Waals surface area contributed by atoms with E-state index in [1.807, 2.05) is 0 Å². The molecule has 0 fully saturated rings. The summed E-state index contributed by atoms with van der Waals surface area (Å²) in [4.78, 5) is 28.8. The second kappa shape index (κ2) is 8.15. The Bertz CT molecular complexity index is 1230. The van der Waals surface area contributed by atoms with Gasteiger partial charge in [-0.25, -0.2) is 4.98 Å². The van der Waals surface area contributed by atoms with Crippen molar-refractivity contribution in [3.05, 3.63) is 83.0 Å². The normalized spacial score (nSPS) is 13.3. The van der Waals surface area contributed by atoms with Crippen molar-refractivity contribution in [2.24, 2.45) is 0 Å². The molecule has 0 saturated heterocycles. The molecule has 0 saturated carbocycles. The molecule has 1 aromatic heterocycles. The van der Waals surface area contributed by atoms with Gasteiger partial charge < -0.3 is 16.0 Å². The summed E-state index contributed by atoms with van der Waals surface area (Å²) in [6, 6.07) is 11.1. The van der Waals surface area contributed by atoms with E-state index < -0.39 is 23.6 Å². The first-order valence-electron chi connectivity index (χ1n) is 9.56. The Morgan fingerprint density at radius 1 is 0.970 bits per heavy atom. The van der Waals surface area contributed by atoms with Crippen molar-refractivity contribution in [1.82, 2.24) is 10.3 Å². The number of carbonyl (C=O) groups excluding carboxylic acids is 2. The van der Waals surface area contributed by atoms with Crippen molar-refractivity contribution in [3.8, 4) is 0 Å². The van der Waals surface area contributed by atoms with E-state index in [1.54, 1.807) is 18.2 Å². The van der Waals surface area contributed by atoms with Crippen LogP contribution in [0.1, 0.15) is 31.8 Å². The Balaban J connectivity index is 1.55. The average molecular weight is 462 g/mol. The Hall–Kier alpha value is -4.02. The fraction of sp³-hybridized carbons (Fsp3) is 0.136. The first kappa shape index (κ1) is 22.2. The molecule has 1 aliphatic heterocycles. The Labute approximate surface area is 183 Å². The number of amides is 2. The van der Waals surface area contributed by atoms with Crippen LogP contribution < -0.4 is 16.0 Å². The van der Waals surface area contributed by atoms with Crippen molar-refractivity contribution in [1.29, 1.82) is 0 Å². The average Bonchev–Trinajstić information content (AvgIpc) is 3.15. The van der Waals surface area contributed by atoms with Gasteiger partial charge in [-0.1, -0.05) is 18.2 Å². The molecule has 2 aromatic carbocycles. The number of pyridine rings is 1. The van der Waals surface area contributed by atoms with Crippen LogP contribution in [0.4, 0.5) is 39.1 Å². The number of rotatable bonds is 5. The summed E-state index contributed by atoms with van der Waals surface area (Å²) < 4.78 is 64.5. The molecule has 3 aromatic rings. The second-order valence-corrected chi connectivity index (χ2v) is 7.14. The van der Waals surface area contributed by atoms with Crippen molar-refractivity contribution in [2.45, 2.75) is 18.6 Å². The highest BCUT2D eigenvalue weighted by atomic mass is 19.4. The smallest absolute Gasteiger partial charge is 0.348 e. The summed E-state index contributed by atoms with van der Waals surface area (Å²) in [5.74, 6) is -5.72. The number of aromatic nitrogens is 1. The maximum atomic E-state index is 13.4. The molecule has 4 rings (SSSR count). The lowest BCUT2D eigenvalue weighted by molar-refractivity contribution is -0.289. The molecule has 0 radical (unpaired) electrons. The van der Waals surface area contributed by atoms with Crippen LogP contribution in [0.2, 0.25) is 0 Å². The van der Waals surface area contributed by atoms with Crippen molar-refractivity contribution in [3.63, 3.8) is 0 Å². The van der Waals surface area contributed by atoms with Gasteiger partial charge in [-0.05, 0) is 36.4 Å². The maximum absolute atomic E-state index is 13.4. The van der Waals surface area contributed by atoms with Crippen LogP contribution >= 0.6 is 0 Å². The molecule has 170 valence electrons. The fourth-order valence-corrected chi connectivity index (χ4v) is 3.31. The number of halogens is 5. The number of hydrogen-bond acceptors (Lipinski definition) is 4. The van der Waals surface area contributed by atoms with Gasteiger partial charge in [0.15, 0.2) is 0 Å². The number of fused-ring (bicyclic) bond motifs is 1. The highest BCUT2D eigenvalue weighted by Gasteiger charge is 2.58. The van der Waals surface area contributed by atoms with Gasteiger partial charge in [-0.15, -0.1) is 0 Å². The topological polar surface area (TPSA) is 83.1 Å². The predicted octanol–water partition coefficient (Wildman–Crippen LogP) is 4.98. The van der Waals surface area contributed by atoms with Crippen LogP contribution in [0.5, 0.6) is 0 Å². The SMILES string of the molecule is O=C(Nc1ccc(C(F)(F)C(F)(F)F)cc1)c1cccnc1Nc1cccc2c1CNC2=O. The van der Waals surface area contributed by atoms with E-state index in [4.69, 9.17) is 0 Å². The van der Waals surface area contributed by atoms with Gasteiger partial charge in [0, 0.05) is 40.8 Å². The zero-order valence-corrected chi connectivity index (χ0v) is 16.6. The quantitative estimate of drug-likeness (QED) is 0.468. The highest BCUT2D eigenvalue weighted by Crippen LogP contribution is 2.44. The van der Waals surface area contributed by atoms with Crippen LogP contribution in [0.15, 0.2) is 60.8 Å². The molecule has 2 heterocycles. The molecule has 0 unspecified atom stereocenters. The van der Waals surface area contributed by atoms with Gasteiger partial charge in [-0.3, -0.25) is 9.59 Å². The lowest BCUT2D eigenvalue weighted by Crippen LogP contribution is -2.33. The molecule has 2 amide bonds.